The highest BCUT2D eigenvalue weighted by Crippen LogP contribution is 2.42. The van der Waals surface area contributed by atoms with Gasteiger partial charge in [0.1, 0.15) is 24.4 Å². The molecule has 188 valence electrons. The molecule has 2 heterocycles. The Bertz CT molecular complexity index is 727. The maximum absolute atomic E-state index is 13.0. The predicted octanol–water partition coefficient (Wildman–Crippen LogP) is -0.478. The predicted molar refractivity (Wildman–Crippen MR) is 118 cm³/mol. The van der Waals surface area contributed by atoms with Crippen molar-refractivity contribution in [1.29, 1.82) is 0 Å². The zero-order chi connectivity index (χ0) is 24.4. The first-order valence-corrected chi connectivity index (χ1v) is 14.1. The first-order chi connectivity index (χ1) is 14.8. The van der Waals surface area contributed by atoms with Crippen molar-refractivity contribution in [2.45, 2.75) is 80.4 Å². The maximum Gasteiger partial charge on any atom is 0.470 e. The van der Waals surface area contributed by atoms with E-state index in [0.29, 0.717) is 12.3 Å². The number of carbonyl (C=O) groups excluding carboxylic acids is 1. The van der Waals surface area contributed by atoms with Crippen LogP contribution in [0.4, 0.5) is 0 Å². The summed E-state index contributed by atoms with van der Waals surface area (Å²) >= 11 is 6.29. The van der Waals surface area contributed by atoms with Crippen LogP contribution in [0.3, 0.4) is 0 Å². The largest absolute Gasteiger partial charge is 0.470 e. The third-order valence-corrected chi connectivity index (χ3v) is 7.78. The average molecular weight is 521 g/mol. The van der Waals surface area contributed by atoms with Gasteiger partial charge in [-0.25, -0.2) is 4.57 Å². The first kappa shape index (κ1) is 28.1. The van der Waals surface area contributed by atoms with Gasteiger partial charge in [0.25, 0.3) is 0 Å². The van der Waals surface area contributed by atoms with Crippen LogP contribution in [-0.4, -0.2) is 102 Å². The lowest BCUT2D eigenvalue weighted by atomic mass is 9.92. The number of halogens is 1. The lowest BCUT2D eigenvalue weighted by Gasteiger charge is -2.45. The number of phosphoric acid groups is 1. The number of likely N-dealkylation sites (N-methyl/N-ethyl adjacent to an activating group) is 1. The van der Waals surface area contributed by atoms with Gasteiger partial charge in [0.05, 0.1) is 28.3 Å². The van der Waals surface area contributed by atoms with E-state index in [9.17, 15) is 23.8 Å². The number of nitrogens with one attached hydrogen (secondary N) is 1. The summed E-state index contributed by atoms with van der Waals surface area (Å²) in [5, 5.41) is 23.2. The Balaban J connectivity index is 2.21. The van der Waals surface area contributed by atoms with Crippen LogP contribution in [0.15, 0.2) is 0 Å². The Morgan fingerprint density at radius 1 is 1.38 bits per heavy atom. The van der Waals surface area contributed by atoms with Gasteiger partial charge >= 0.3 is 7.82 Å². The number of hydrogen-bond donors (Lipinski definition) is 5. The third kappa shape index (κ3) is 6.94. The summed E-state index contributed by atoms with van der Waals surface area (Å²) in [6, 6.07) is -1.37. The summed E-state index contributed by atoms with van der Waals surface area (Å²) < 4.78 is 33.7. The van der Waals surface area contributed by atoms with Gasteiger partial charge in [0.15, 0.2) is 5.44 Å². The molecule has 0 aromatic rings. The summed E-state index contributed by atoms with van der Waals surface area (Å²) in [6.07, 6.45) is -2.68. The van der Waals surface area contributed by atoms with E-state index in [-0.39, 0.29) is 5.91 Å². The molecule has 0 radical (unpaired) electrons. The van der Waals surface area contributed by atoms with Crippen LogP contribution in [0.1, 0.15) is 33.1 Å². The van der Waals surface area contributed by atoms with Crippen molar-refractivity contribution in [3.8, 4) is 0 Å². The minimum atomic E-state index is -5.08. The van der Waals surface area contributed by atoms with E-state index in [1.807, 2.05) is 11.9 Å². The van der Waals surface area contributed by atoms with Gasteiger partial charge in [0.2, 0.25) is 5.91 Å². The summed E-state index contributed by atoms with van der Waals surface area (Å²) in [5.41, 5.74) is -1.47. The van der Waals surface area contributed by atoms with Crippen LogP contribution in [0.25, 0.3) is 0 Å². The van der Waals surface area contributed by atoms with E-state index in [0.717, 1.165) is 19.4 Å². The Morgan fingerprint density at radius 2 is 2.00 bits per heavy atom. The number of nitrogens with zero attached hydrogens (tertiary/aromatic N) is 1. The Hall–Kier alpha value is -0.140. The van der Waals surface area contributed by atoms with Crippen LogP contribution in [-0.2, 0) is 29.4 Å². The van der Waals surface area contributed by atoms with Crippen LogP contribution in [0.2, 0.25) is 0 Å². The SMILES string of the molecule is CCC[C@@H]1C[C@@H](C(=O)N[C@@H]([C@H]2O[C@H]([S@@](C)=O)[C@H](OP(=O)(O)O)[C@@H](O)[C@H]2O)[C@H](C)Cl)N(C)C1. The molecule has 14 heteroatoms. The van der Waals surface area contributed by atoms with Gasteiger partial charge in [-0.15, -0.1) is 11.6 Å². The molecule has 10 atom stereocenters. The molecule has 2 saturated heterocycles. The molecule has 0 spiro atoms. The molecule has 5 N–H and O–H groups in total. The molecule has 0 bridgehead atoms. The summed E-state index contributed by atoms with van der Waals surface area (Å²) in [6.45, 7) is 4.44. The number of rotatable bonds is 9. The summed E-state index contributed by atoms with van der Waals surface area (Å²) in [4.78, 5) is 33.2. The van der Waals surface area contributed by atoms with E-state index in [1.165, 1.54) is 6.26 Å². The highest BCUT2D eigenvalue weighted by Gasteiger charge is 2.52. The van der Waals surface area contributed by atoms with E-state index < -0.39 is 65.9 Å². The second kappa shape index (κ2) is 11.5. The molecular weight excluding hydrogens is 487 g/mol. The minimum Gasteiger partial charge on any atom is -0.388 e. The molecular formula is C18H34ClN2O9PS. The highest BCUT2D eigenvalue weighted by molar-refractivity contribution is 7.84. The van der Waals surface area contributed by atoms with Crippen LogP contribution < -0.4 is 5.32 Å². The molecule has 0 aliphatic carbocycles. The van der Waals surface area contributed by atoms with Gasteiger partial charge < -0.3 is 30.1 Å². The van der Waals surface area contributed by atoms with Crippen LogP contribution >= 0.6 is 19.4 Å². The molecule has 11 nitrogen and oxygen atoms in total. The second-order valence-corrected chi connectivity index (χ2v) is 11.9. The van der Waals surface area contributed by atoms with Crippen LogP contribution in [0.5, 0.6) is 0 Å². The van der Waals surface area contributed by atoms with E-state index in [2.05, 4.69) is 16.8 Å². The van der Waals surface area contributed by atoms with Gasteiger partial charge in [-0.1, -0.05) is 13.3 Å². The smallest absolute Gasteiger partial charge is 0.388 e. The van der Waals surface area contributed by atoms with Crippen molar-refractivity contribution in [2.75, 3.05) is 19.8 Å². The normalized spacial score (nSPS) is 37.1. The van der Waals surface area contributed by atoms with E-state index in [4.69, 9.17) is 26.1 Å². The maximum atomic E-state index is 13.0. The van der Waals surface area contributed by atoms with Crippen molar-refractivity contribution in [2.24, 2.45) is 5.92 Å². The van der Waals surface area contributed by atoms with Gasteiger partial charge in [0, 0.05) is 12.8 Å². The standard InChI is InChI=1S/C18H34ClN2O9PS/c1-5-6-10-7-11(21(3)8-10)17(24)20-12(9(2)19)15-13(22)14(23)16(30-31(25,26)27)18(29-15)32(4)28/h9-16,18,22-23H,5-8H2,1-4H3,(H,20,24)(H2,25,26,27)/t9-,10+,11-,12+,13+,14-,15+,16+,18+,32+/m0/s1. The summed E-state index contributed by atoms with van der Waals surface area (Å²) in [7, 11) is -5.08. The van der Waals surface area contributed by atoms with Gasteiger partial charge in [-0.05, 0) is 32.7 Å². The number of ether oxygens (including phenoxy) is 1. The molecule has 0 aromatic carbocycles. The molecule has 0 saturated carbocycles. The van der Waals surface area contributed by atoms with Crippen molar-refractivity contribution in [3.63, 3.8) is 0 Å². The minimum absolute atomic E-state index is 0.309. The molecule has 2 aliphatic rings. The zero-order valence-corrected chi connectivity index (χ0v) is 21.0. The number of alkyl halides is 1. The van der Waals surface area contributed by atoms with Crippen molar-refractivity contribution in [1.82, 2.24) is 10.2 Å². The number of amides is 1. The Morgan fingerprint density at radius 3 is 2.50 bits per heavy atom. The summed E-state index contributed by atoms with van der Waals surface area (Å²) in [5.74, 6) is 0.0834. The lowest BCUT2D eigenvalue weighted by molar-refractivity contribution is -0.202. The lowest BCUT2D eigenvalue weighted by Crippen LogP contribution is -2.66. The Kier molecular flexibility index (Phi) is 10.1. The van der Waals surface area contributed by atoms with Crippen molar-refractivity contribution < 1.29 is 42.8 Å². The number of carbonyl (C=O) groups is 1. The molecule has 1 amide bonds. The first-order valence-electron chi connectivity index (χ1n) is 10.5. The van der Waals surface area contributed by atoms with E-state index in [1.54, 1.807) is 6.92 Å². The molecule has 2 rings (SSSR count). The second-order valence-electron chi connectivity index (χ2n) is 8.57. The third-order valence-electron chi connectivity index (χ3n) is 5.96. The average Bonchev–Trinajstić information content (AvgIpc) is 3.03. The van der Waals surface area contributed by atoms with Crippen molar-refractivity contribution >= 4 is 36.1 Å². The quantitative estimate of drug-likeness (QED) is 0.198. The number of hydrogen-bond acceptors (Lipinski definition) is 8. The fraction of sp³-hybridized carbons (Fsp3) is 0.944. The highest BCUT2D eigenvalue weighted by atomic mass is 35.5. The number of aliphatic hydroxyl groups is 2. The topological polar surface area (TPSA) is 166 Å². The fourth-order valence-corrected chi connectivity index (χ4v) is 6.17. The molecule has 0 unspecified atom stereocenters. The van der Waals surface area contributed by atoms with Crippen LogP contribution in [0, 0.1) is 5.92 Å². The van der Waals surface area contributed by atoms with Crippen molar-refractivity contribution in [3.05, 3.63) is 0 Å². The Labute approximate surface area is 195 Å². The van der Waals surface area contributed by atoms with E-state index >= 15 is 0 Å². The van der Waals surface area contributed by atoms with Gasteiger partial charge in [-0.3, -0.25) is 18.4 Å². The number of aliphatic hydroxyl groups excluding tert-OH is 2. The molecule has 32 heavy (non-hydrogen) atoms. The monoisotopic (exact) mass is 520 g/mol. The number of phosphoric ester groups is 1. The number of likely N-dealkylation sites (tertiary alicyclic amines) is 1. The molecule has 2 aliphatic heterocycles. The van der Waals surface area contributed by atoms with Gasteiger partial charge in [-0.2, -0.15) is 0 Å². The fourth-order valence-electron chi connectivity index (χ4n) is 4.45. The molecule has 0 aromatic heterocycles. The zero-order valence-electron chi connectivity index (χ0n) is 18.5. The molecule has 2 fully saturated rings.